The van der Waals surface area contributed by atoms with Gasteiger partial charge in [-0.2, -0.15) is 5.10 Å². The molecule has 142 valence electrons. The molecule has 1 atom stereocenters. The van der Waals surface area contributed by atoms with Crippen LogP contribution in [-0.4, -0.2) is 19.7 Å². The highest BCUT2D eigenvalue weighted by Crippen LogP contribution is 2.31. The molecule has 4 aromatic rings. The zero-order valence-corrected chi connectivity index (χ0v) is 14.7. The fraction of sp³-hybridized carbons (Fsp3) is 0.105. The van der Waals surface area contributed by atoms with Crippen molar-refractivity contribution in [1.82, 2.24) is 19.7 Å². The van der Waals surface area contributed by atoms with Gasteiger partial charge in [-0.25, -0.2) is 18.4 Å². The number of hydrogen-bond donors (Lipinski definition) is 2. The van der Waals surface area contributed by atoms with Crippen molar-refractivity contribution in [2.75, 3.05) is 5.73 Å². The standard InChI is InChI=1S/C19H15F2N5O2/c1-10(17-14(3-4-16(27)24-17)26-6-2-5-23-26)28-15-8-11-7-12(20)9-13(21)18(11)25-19(15)22/h2-10H,1H3,(H2,22,25)(H,24,27). The summed E-state index contributed by atoms with van der Waals surface area (Å²) < 4.78 is 34.9. The largest absolute Gasteiger partial charge is 0.481 e. The van der Waals surface area contributed by atoms with Gasteiger partial charge in [0.15, 0.2) is 17.4 Å². The molecule has 0 saturated carbocycles. The molecule has 0 saturated heterocycles. The molecule has 0 aliphatic carbocycles. The molecule has 1 aromatic carbocycles. The maximum Gasteiger partial charge on any atom is 0.248 e. The first-order chi connectivity index (χ1) is 13.4. The van der Waals surface area contributed by atoms with Gasteiger partial charge in [-0.05, 0) is 31.2 Å². The van der Waals surface area contributed by atoms with E-state index in [0.717, 1.165) is 12.1 Å². The quantitative estimate of drug-likeness (QED) is 0.564. The maximum absolute atomic E-state index is 13.9. The van der Waals surface area contributed by atoms with E-state index in [4.69, 9.17) is 10.5 Å². The molecule has 3 aromatic heterocycles. The van der Waals surface area contributed by atoms with Gasteiger partial charge in [0.05, 0.1) is 11.4 Å². The Morgan fingerprint density at radius 3 is 2.82 bits per heavy atom. The van der Waals surface area contributed by atoms with Crippen LogP contribution < -0.4 is 16.0 Å². The molecule has 0 amide bonds. The Labute approximate surface area is 157 Å². The Morgan fingerprint density at radius 2 is 2.07 bits per heavy atom. The zero-order valence-electron chi connectivity index (χ0n) is 14.7. The van der Waals surface area contributed by atoms with Crippen molar-refractivity contribution in [3.63, 3.8) is 0 Å². The Kier molecular flexibility index (Phi) is 4.26. The Bertz CT molecular complexity index is 1220. The molecule has 0 fully saturated rings. The zero-order chi connectivity index (χ0) is 19.8. The fourth-order valence-corrected chi connectivity index (χ4v) is 2.95. The number of fused-ring (bicyclic) bond motifs is 1. The third kappa shape index (κ3) is 3.18. The number of nitrogens with one attached hydrogen (secondary N) is 1. The summed E-state index contributed by atoms with van der Waals surface area (Å²) in [5.41, 5.74) is 6.61. The second-order valence-corrected chi connectivity index (χ2v) is 6.16. The predicted molar refractivity (Wildman–Crippen MR) is 99.3 cm³/mol. The number of rotatable bonds is 4. The summed E-state index contributed by atoms with van der Waals surface area (Å²) in [7, 11) is 0. The summed E-state index contributed by atoms with van der Waals surface area (Å²) >= 11 is 0. The minimum Gasteiger partial charge on any atom is -0.481 e. The molecule has 0 spiro atoms. The predicted octanol–water partition coefficient (Wildman–Crippen LogP) is 3.11. The van der Waals surface area contributed by atoms with Crippen LogP contribution in [0, 0.1) is 11.6 Å². The van der Waals surface area contributed by atoms with Gasteiger partial charge < -0.3 is 15.5 Å². The topological polar surface area (TPSA) is 98.8 Å². The lowest BCUT2D eigenvalue weighted by Gasteiger charge is -2.19. The number of hydrogen-bond acceptors (Lipinski definition) is 5. The second kappa shape index (κ2) is 6.76. The van der Waals surface area contributed by atoms with Crippen LogP contribution in [0.4, 0.5) is 14.6 Å². The number of ether oxygens (including phenoxy) is 1. The smallest absolute Gasteiger partial charge is 0.248 e. The number of nitrogen functional groups attached to an aromatic ring is 1. The van der Waals surface area contributed by atoms with E-state index in [1.807, 2.05) is 0 Å². The van der Waals surface area contributed by atoms with Crippen LogP contribution in [0.25, 0.3) is 16.6 Å². The van der Waals surface area contributed by atoms with Gasteiger partial charge in [0, 0.05) is 29.9 Å². The van der Waals surface area contributed by atoms with Gasteiger partial charge in [0.1, 0.15) is 17.4 Å². The normalized spacial score (nSPS) is 12.2. The van der Waals surface area contributed by atoms with E-state index in [2.05, 4.69) is 15.1 Å². The van der Waals surface area contributed by atoms with Crippen molar-refractivity contribution < 1.29 is 13.5 Å². The fourth-order valence-electron chi connectivity index (χ4n) is 2.95. The first-order valence-corrected chi connectivity index (χ1v) is 8.37. The number of benzene rings is 1. The van der Waals surface area contributed by atoms with Crippen LogP contribution in [0.3, 0.4) is 0 Å². The van der Waals surface area contributed by atoms with Crippen LogP contribution in [0.5, 0.6) is 5.75 Å². The van der Waals surface area contributed by atoms with Crippen LogP contribution in [0.2, 0.25) is 0 Å². The van der Waals surface area contributed by atoms with Gasteiger partial charge in [-0.3, -0.25) is 4.79 Å². The van der Waals surface area contributed by atoms with Crippen molar-refractivity contribution in [3.05, 3.63) is 76.5 Å². The van der Waals surface area contributed by atoms with Gasteiger partial charge >= 0.3 is 0 Å². The number of halogens is 2. The van der Waals surface area contributed by atoms with Crippen LogP contribution >= 0.6 is 0 Å². The van der Waals surface area contributed by atoms with Crippen molar-refractivity contribution in [3.8, 4) is 11.4 Å². The summed E-state index contributed by atoms with van der Waals surface area (Å²) in [5, 5.41) is 4.37. The summed E-state index contributed by atoms with van der Waals surface area (Å²) in [5.74, 6) is -1.46. The van der Waals surface area contributed by atoms with Crippen molar-refractivity contribution in [2.45, 2.75) is 13.0 Å². The van der Waals surface area contributed by atoms with E-state index >= 15 is 0 Å². The highest BCUT2D eigenvalue weighted by Gasteiger charge is 2.18. The number of anilines is 1. The van der Waals surface area contributed by atoms with Gasteiger partial charge in [-0.15, -0.1) is 0 Å². The van der Waals surface area contributed by atoms with E-state index in [9.17, 15) is 13.6 Å². The number of H-pyrrole nitrogens is 1. The lowest BCUT2D eigenvalue weighted by Crippen LogP contribution is -2.17. The number of nitrogens with zero attached hydrogens (tertiary/aromatic N) is 3. The minimum absolute atomic E-state index is 0.0516. The molecule has 0 radical (unpaired) electrons. The van der Waals surface area contributed by atoms with Crippen molar-refractivity contribution in [2.24, 2.45) is 0 Å². The highest BCUT2D eigenvalue weighted by molar-refractivity contribution is 5.83. The molecular formula is C19H15F2N5O2. The SMILES string of the molecule is CC(Oc1cc2cc(F)cc(F)c2nc1N)c1[nH]c(=O)ccc1-n1cccn1. The molecular weight excluding hydrogens is 368 g/mol. The molecule has 3 heterocycles. The minimum atomic E-state index is -0.811. The third-order valence-corrected chi connectivity index (χ3v) is 4.22. The lowest BCUT2D eigenvalue weighted by molar-refractivity contribution is 0.222. The molecule has 1 unspecified atom stereocenters. The molecule has 0 aliphatic rings. The lowest BCUT2D eigenvalue weighted by atomic mass is 10.2. The average molecular weight is 383 g/mol. The molecule has 0 bridgehead atoms. The van der Waals surface area contributed by atoms with E-state index in [1.165, 1.54) is 12.1 Å². The van der Waals surface area contributed by atoms with E-state index in [1.54, 1.807) is 36.1 Å². The summed E-state index contributed by atoms with van der Waals surface area (Å²) in [6.45, 7) is 1.70. The van der Waals surface area contributed by atoms with Crippen LogP contribution in [0.15, 0.2) is 53.6 Å². The average Bonchev–Trinajstić information content (AvgIpc) is 3.17. The van der Waals surface area contributed by atoms with Crippen molar-refractivity contribution in [1.29, 1.82) is 0 Å². The Morgan fingerprint density at radius 1 is 1.25 bits per heavy atom. The number of aromatic nitrogens is 4. The van der Waals surface area contributed by atoms with Crippen molar-refractivity contribution >= 4 is 16.7 Å². The highest BCUT2D eigenvalue weighted by atomic mass is 19.1. The number of pyridine rings is 2. The molecule has 9 heteroatoms. The summed E-state index contributed by atoms with van der Waals surface area (Å²) in [6, 6.07) is 8.03. The molecule has 4 rings (SSSR count). The van der Waals surface area contributed by atoms with Gasteiger partial charge in [0.25, 0.3) is 0 Å². The first kappa shape index (κ1) is 17.7. The first-order valence-electron chi connectivity index (χ1n) is 8.37. The monoisotopic (exact) mass is 383 g/mol. The second-order valence-electron chi connectivity index (χ2n) is 6.16. The Hall–Kier alpha value is -3.75. The molecule has 0 aliphatic heterocycles. The van der Waals surface area contributed by atoms with Gasteiger partial charge in [-0.1, -0.05) is 0 Å². The van der Waals surface area contributed by atoms with Crippen LogP contribution in [-0.2, 0) is 0 Å². The molecule has 3 N–H and O–H groups in total. The Balaban J connectivity index is 1.75. The molecule has 7 nitrogen and oxygen atoms in total. The third-order valence-electron chi connectivity index (χ3n) is 4.22. The number of aromatic amines is 1. The molecule has 28 heavy (non-hydrogen) atoms. The summed E-state index contributed by atoms with van der Waals surface area (Å²) in [4.78, 5) is 18.5. The van der Waals surface area contributed by atoms with Crippen LogP contribution in [0.1, 0.15) is 18.7 Å². The number of nitrogens with two attached hydrogens (primary N) is 1. The van der Waals surface area contributed by atoms with Gasteiger partial charge in [0.2, 0.25) is 5.56 Å². The maximum atomic E-state index is 13.9. The van der Waals surface area contributed by atoms with E-state index < -0.39 is 17.7 Å². The van der Waals surface area contributed by atoms with E-state index in [-0.39, 0.29) is 28.0 Å². The summed E-state index contributed by atoms with van der Waals surface area (Å²) in [6.07, 6.45) is 2.67. The van der Waals surface area contributed by atoms with E-state index in [0.29, 0.717) is 11.4 Å².